The third-order valence-corrected chi connectivity index (χ3v) is 5.53. The summed E-state index contributed by atoms with van der Waals surface area (Å²) in [6, 6.07) is 3.47. The van der Waals surface area contributed by atoms with Gasteiger partial charge in [0.25, 0.3) is 11.8 Å². The van der Waals surface area contributed by atoms with Gasteiger partial charge in [-0.05, 0) is 56.8 Å². The quantitative estimate of drug-likeness (QED) is 0.448. The minimum atomic E-state index is -1.43. The van der Waals surface area contributed by atoms with E-state index < -0.39 is 29.7 Å². The van der Waals surface area contributed by atoms with Crippen molar-refractivity contribution in [3.05, 3.63) is 29.3 Å². The number of nitrogens with two attached hydrogens (primary N) is 1. The maximum Gasteiger partial charge on any atom is 0.326 e. The van der Waals surface area contributed by atoms with Gasteiger partial charge in [-0.25, -0.2) is 4.79 Å². The molecule has 9 nitrogen and oxygen atoms in total. The van der Waals surface area contributed by atoms with Crippen LogP contribution in [0.3, 0.4) is 0 Å². The van der Waals surface area contributed by atoms with Crippen molar-refractivity contribution in [1.29, 1.82) is 0 Å². The van der Waals surface area contributed by atoms with E-state index in [0.29, 0.717) is 18.2 Å². The summed E-state index contributed by atoms with van der Waals surface area (Å²) in [7, 11) is 0. The minimum absolute atomic E-state index is 0.173. The fourth-order valence-electron chi connectivity index (χ4n) is 3.96. The molecule has 0 bridgehead atoms. The fraction of sp³-hybridized carbons (Fsp3) is 0.500. The highest BCUT2D eigenvalue weighted by molar-refractivity contribution is 6.24. The number of nitrogens with zero attached hydrogens (tertiary/aromatic N) is 1. The van der Waals surface area contributed by atoms with Crippen molar-refractivity contribution in [1.82, 2.24) is 10.2 Å². The zero-order valence-electron chi connectivity index (χ0n) is 16.1. The summed E-state index contributed by atoms with van der Waals surface area (Å²) >= 11 is 0. The highest BCUT2D eigenvalue weighted by atomic mass is 16.4. The Morgan fingerprint density at radius 1 is 1.24 bits per heavy atom. The maximum absolute atomic E-state index is 13.0. The van der Waals surface area contributed by atoms with Crippen molar-refractivity contribution in [2.75, 3.05) is 25.0 Å². The molecule has 0 saturated carbocycles. The number of aliphatic carboxylic acids is 1. The van der Waals surface area contributed by atoms with Gasteiger partial charge in [-0.1, -0.05) is 6.07 Å². The number of carboxylic acids is 1. The van der Waals surface area contributed by atoms with E-state index in [-0.39, 0.29) is 24.0 Å². The number of hydrogen-bond donors (Lipinski definition) is 4. The second-order valence-electron chi connectivity index (χ2n) is 7.48. The summed E-state index contributed by atoms with van der Waals surface area (Å²) in [5.41, 5.74) is 5.99. The largest absolute Gasteiger partial charge is 0.480 e. The van der Waals surface area contributed by atoms with Crippen LogP contribution in [0.25, 0.3) is 0 Å². The van der Waals surface area contributed by atoms with Crippen molar-refractivity contribution < 1.29 is 24.3 Å². The molecule has 1 aromatic carbocycles. The van der Waals surface area contributed by atoms with Crippen LogP contribution in [0.4, 0.5) is 5.69 Å². The minimum Gasteiger partial charge on any atom is -0.480 e. The molecule has 1 saturated heterocycles. The molecular formula is C20H26N4O5. The normalized spacial score (nSPS) is 17.9. The van der Waals surface area contributed by atoms with Crippen LogP contribution in [0.5, 0.6) is 0 Å². The molecule has 1 fully saturated rings. The van der Waals surface area contributed by atoms with E-state index in [1.807, 2.05) is 0 Å². The Balaban J connectivity index is 1.75. The van der Waals surface area contributed by atoms with E-state index in [9.17, 15) is 24.3 Å². The number of carboxylic acid groups (broad SMARTS) is 1. The lowest BCUT2D eigenvalue weighted by molar-refractivity contribution is -0.141. The van der Waals surface area contributed by atoms with Crippen LogP contribution in [-0.4, -0.2) is 59.4 Å². The van der Waals surface area contributed by atoms with Crippen molar-refractivity contribution in [3.8, 4) is 0 Å². The lowest BCUT2D eigenvalue weighted by atomic mass is 9.94. The van der Waals surface area contributed by atoms with Gasteiger partial charge in [0.15, 0.2) is 0 Å². The SMILES string of the molecule is NC(=O)CCC(C(=O)O)N1C(=O)c2cccc(NCCC3CCNCC3)c2C1=O. The molecule has 1 unspecified atom stereocenters. The lowest BCUT2D eigenvalue weighted by Gasteiger charge is -2.23. The third kappa shape index (κ3) is 4.56. The molecular weight excluding hydrogens is 376 g/mol. The van der Waals surface area contributed by atoms with E-state index in [1.165, 1.54) is 6.07 Å². The fourth-order valence-corrected chi connectivity index (χ4v) is 3.96. The first-order valence-corrected chi connectivity index (χ1v) is 9.86. The van der Waals surface area contributed by atoms with Crippen LogP contribution in [0.2, 0.25) is 0 Å². The predicted octanol–water partition coefficient (Wildman–Crippen LogP) is 0.803. The molecule has 0 spiro atoms. The van der Waals surface area contributed by atoms with E-state index in [4.69, 9.17) is 5.73 Å². The number of imide groups is 1. The van der Waals surface area contributed by atoms with E-state index in [0.717, 1.165) is 37.3 Å². The molecule has 156 valence electrons. The second kappa shape index (κ2) is 9.04. The number of primary amides is 1. The summed E-state index contributed by atoms with van der Waals surface area (Å²) in [5, 5.41) is 16.1. The first kappa shape index (κ1) is 20.8. The van der Waals surface area contributed by atoms with Gasteiger partial charge in [0.1, 0.15) is 6.04 Å². The zero-order valence-corrected chi connectivity index (χ0v) is 16.1. The van der Waals surface area contributed by atoms with Crippen LogP contribution in [0.1, 0.15) is 52.8 Å². The van der Waals surface area contributed by atoms with Gasteiger partial charge in [0.05, 0.1) is 11.1 Å². The predicted molar refractivity (Wildman–Crippen MR) is 105 cm³/mol. The van der Waals surface area contributed by atoms with E-state index in [2.05, 4.69) is 10.6 Å². The number of carbonyl (C=O) groups is 4. The number of benzene rings is 1. The molecule has 2 heterocycles. The van der Waals surface area contributed by atoms with Crippen molar-refractivity contribution in [3.63, 3.8) is 0 Å². The maximum atomic E-state index is 13.0. The molecule has 9 heteroatoms. The average Bonchev–Trinajstić information content (AvgIpc) is 2.94. The highest BCUT2D eigenvalue weighted by Gasteiger charge is 2.44. The Bertz CT molecular complexity index is 819. The Hall–Kier alpha value is -2.94. The topological polar surface area (TPSA) is 142 Å². The third-order valence-electron chi connectivity index (χ3n) is 5.53. The van der Waals surface area contributed by atoms with Crippen LogP contribution in [0, 0.1) is 5.92 Å². The van der Waals surface area contributed by atoms with Crippen LogP contribution < -0.4 is 16.4 Å². The molecule has 29 heavy (non-hydrogen) atoms. The lowest BCUT2D eigenvalue weighted by Crippen LogP contribution is -2.45. The van der Waals surface area contributed by atoms with Gasteiger partial charge in [-0.15, -0.1) is 0 Å². The molecule has 0 radical (unpaired) electrons. The number of rotatable bonds is 9. The summed E-state index contributed by atoms with van der Waals surface area (Å²) < 4.78 is 0. The summed E-state index contributed by atoms with van der Waals surface area (Å²) in [5.74, 6) is -2.75. The summed E-state index contributed by atoms with van der Waals surface area (Å²) in [6.07, 6.45) is 2.73. The molecule has 1 aromatic rings. The number of anilines is 1. The zero-order chi connectivity index (χ0) is 21.0. The smallest absolute Gasteiger partial charge is 0.326 e. The van der Waals surface area contributed by atoms with Crippen molar-refractivity contribution in [2.45, 2.75) is 38.1 Å². The average molecular weight is 402 g/mol. The van der Waals surface area contributed by atoms with Crippen LogP contribution in [0.15, 0.2) is 18.2 Å². The molecule has 1 atom stereocenters. The monoisotopic (exact) mass is 402 g/mol. The number of fused-ring (bicyclic) bond motifs is 1. The number of carbonyl (C=O) groups excluding carboxylic acids is 3. The highest BCUT2D eigenvalue weighted by Crippen LogP contribution is 2.32. The molecule has 2 aliphatic rings. The van der Waals surface area contributed by atoms with Crippen LogP contribution in [-0.2, 0) is 9.59 Å². The molecule has 5 N–H and O–H groups in total. The number of nitrogens with one attached hydrogen (secondary N) is 2. The van der Waals surface area contributed by atoms with Gasteiger partial charge < -0.3 is 21.5 Å². The first-order chi connectivity index (χ1) is 13.9. The van der Waals surface area contributed by atoms with E-state index in [1.54, 1.807) is 12.1 Å². The molecule has 3 amide bonds. The Morgan fingerprint density at radius 2 is 1.97 bits per heavy atom. The van der Waals surface area contributed by atoms with Crippen molar-refractivity contribution >= 4 is 29.4 Å². The van der Waals surface area contributed by atoms with Crippen LogP contribution >= 0.6 is 0 Å². The van der Waals surface area contributed by atoms with Gasteiger partial charge in [-0.3, -0.25) is 19.3 Å². The molecule has 3 rings (SSSR count). The van der Waals surface area contributed by atoms with Gasteiger partial charge in [-0.2, -0.15) is 0 Å². The van der Waals surface area contributed by atoms with Gasteiger partial charge in [0.2, 0.25) is 5.91 Å². The van der Waals surface area contributed by atoms with E-state index >= 15 is 0 Å². The Morgan fingerprint density at radius 3 is 2.62 bits per heavy atom. The molecule has 2 aliphatic heterocycles. The summed E-state index contributed by atoms with van der Waals surface area (Å²) in [4.78, 5) is 49.2. The molecule has 0 aliphatic carbocycles. The Labute approximate surface area is 168 Å². The standard InChI is InChI=1S/C20H26N4O5/c21-16(25)5-4-15(20(28)29)24-18(26)13-2-1-3-14(17(13)19(24)27)23-11-8-12-6-9-22-10-7-12/h1-3,12,15,22-23H,4-11H2,(H2,21,25)(H,28,29). The van der Waals surface area contributed by atoms with Gasteiger partial charge in [0, 0.05) is 18.7 Å². The Kier molecular flexibility index (Phi) is 6.48. The van der Waals surface area contributed by atoms with Gasteiger partial charge >= 0.3 is 5.97 Å². The number of piperidine rings is 1. The number of amides is 3. The molecule has 0 aromatic heterocycles. The second-order valence-corrected chi connectivity index (χ2v) is 7.48. The summed E-state index contributed by atoms with van der Waals surface area (Å²) in [6.45, 7) is 2.68. The number of hydrogen-bond acceptors (Lipinski definition) is 6. The van der Waals surface area contributed by atoms with Crippen molar-refractivity contribution in [2.24, 2.45) is 11.7 Å². The first-order valence-electron chi connectivity index (χ1n) is 9.86.